The lowest BCUT2D eigenvalue weighted by Crippen LogP contribution is -2.28. The number of nitrogens with zero attached hydrogens (tertiary/aromatic N) is 1. The van der Waals surface area contributed by atoms with Crippen LogP contribution in [-0.4, -0.2) is 45.0 Å². The van der Waals surface area contributed by atoms with Crippen LogP contribution in [0.25, 0.3) is 0 Å². The molecule has 7 heteroatoms. The highest BCUT2D eigenvalue weighted by Gasteiger charge is 2.27. The molecule has 1 aliphatic rings. The molecule has 6 nitrogen and oxygen atoms in total. The van der Waals surface area contributed by atoms with Gasteiger partial charge in [0.05, 0.1) is 22.7 Å². The van der Waals surface area contributed by atoms with E-state index in [-0.39, 0.29) is 17.4 Å². The number of carbonyl (C=O) groups excluding carboxylic acids is 2. The van der Waals surface area contributed by atoms with Crippen LogP contribution in [0.4, 0.5) is 10.7 Å². The van der Waals surface area contributed by atoms with Crippen molar-refractivity contribution in [2.45, 2.75) is 13.3 Å². The van der Waals surface area contributed by atoms with E-state index in [1.54, 1.807) is 7.05 Å². The van der Waals surface area contributed by atoms with Crippen LogP contribution in [0.3, 0.4) is 0 Å². The van der Waals surface area contributed by atoms with Crippen LogP contribution in [0.2, 0.25) is 0 Å². The van der Waals surface area contributed by atoms with Gasteiger partial charge in [0.25, 0.3) is 5.91 Å². The second kappa shape index (κ2) is 6.23. The van der Waals surface area contributed by atoms with Gasteiger partial charge in [0.1, 0.15) is 5.00 Å². The summed E-state index contributed by atoms with van der Waals surface area (Å²) in [4.78, 5) is 26.2. The highest BCUT2D eigenvalue weighted by molar-refractivity contribution is 7.19. The van der Waals surface area contributed by atoms with Gasteiger partial charge in [0.2, 0.25) is 0 Å². The van der Waals surface area contributed by atoms with Crippen LogP contribution in [0.5, 0.6) is 0 Å². The van der Waals surface area contributed by atoms with Gasteiger partial charge in [-0.05, 0) is 6.42 Å². The van der Waals surface area contributed by atoms with Gasteiger partial charge in [-0.3, -0.25) is 9.59 Å². The summed E-state index contributed by atoms with van der Waals surface area (Å²) in [6, 6.07) is 0. The van der Waals surface area contributed by atoms with Gasteiger partial charge >= 0.3 is 0 Å². The fraction of sp³-hybridized carbons (Fsp3) is 0.538. The van der Waals surface area contributed by atoms with Gasteiger partial charge in [0, 0.05) is 33.7 Å². The van der Waals surface area contributed by atoms with Crippen LogP contribution in [0, 0.1) is 0 Å². The molecular formula is C13H19N3O3S. The molecule has 2 heterocycles. The lowest BCUT2D eigenvalue weighted by molar-refractivity contribution is 0.0964. The first-order chi connectivity index (χ1) is 9.56. The normalized spacial score (nSPS) is 15.8. The van der Waals surface area contributed by atoms with E-state index in [0.29, 0.717) is 30.2 Å². The maximum Gasteiger partial charge on any atom is 0.256 e. The van der Waals surface area contributed by atoms with Crippen LogP contribution in [0.1, 0.15) is 33.4 Å². The first-order valence-electron chi connectivity index (χ1n) is 6.54. The molecule has 110 valence electrons. The minimum Gasteiger partial charge on any atom is -0.397 e. The molecule has 1 aliphatic heterocycles. The van der Waals surface area contributed by atoms with Gasteiger partial charge in [-0.2, -0.15) is 0 Å². The number of nitrogens with two attached hydrogens (primary N) is 1. The molecule has 2 rings (SSSR count). The summed E-state index contributed by atoms with van der Waals surface area (Å²) in [5, 5.41) is 3.35. The Hall–Kier alpha value is -1.60. The SMILES string of the molecule is CNC(=O)c1c(N2CCCOCC2)sc(C(C)=O)c1N. The Kier molecular flexibility index (Phi) is 4.61. The standard InChI is InChI=1S/C13H19N3O3S/c1-8(17)11-10(14)9(12(18)15-2)13(20-11)16-4-3-6-19-7-5-16/h3-7,14H2,1-2H3,(H,15,18). The number of anilines is 2. The lowest BCUT2D eigenvalue weighted by atomic mass is 10.2. The fourth-order valence-electron chi connectivity index (χ4n) is 2.21. The average Bonchev–Trinajstić information content (AvgIpc) is 2.63. The molecule has 1 amide bonds. The predicted octanol–water partition coefficient (Wildman–Crippen LogP) is 1.12. The van der Waals surface area contributed by atoms with Gasteiger partial charge in [-0.25, -0.2) is 0 Å². The van der Waals surface area contributed by atoms with Crippen molar-refractivity contribution >= 4 is 33.7 Å². The summed E-state index contributed by atoms with van der Waals surface area (Å²) < 4.78 is 5.42. The molecular weight excluding hydrogens is 278 g/mol. The third-order valence-electron chi connectivity index (χ3n) is 3.21. The monoisotopic (exact) mass is 297 g/mol. The Morgan fingerprint density at radius 1 is 1.35 bits per heavy atom. The second-order valence-electron chi connectivity index (χ2n) is 4.61. The largest absolute Gasteiger partial charge is 0.397 e. The molecule has 0 radical (unpaired) electrons. The van der Waals surface area contributed by atoms with E-state index in [4.69, 9.17) is 10.5 Å². The Morgan fingerprint density at radius 3 is 2.75 bits per heavy atom. The fourth-order valence-corrected chi connectivity index (χ4v) is 3.37. The number of hydrogen-bond acceptors (Lipinski definition) is 6. The molecule has 0 aliphatic carbocycles. The number of Topliss-reactive ketones (excluding diaryl/α,β-unsaturated/α-hetero) is 1. The van der Waals surface area contributed by atoms with E-state index >= 15 is 0 Å². The maximum atomic E-state index is 12.1. The van der Waals surface area contributed by atoms with E-state index in [1.807, 2.05) is 0 Å². The number of ether oxygens (including phenoxy) is 1. The van der Waals surface area contributed by atoms with E-state index in [2.05, 4.69) is 10.2 Å². The van der Waals surface area contributed by atoms with Crippen molar-refractivity contribution in [1.82, 2.24) is 5.32 Å². The smallest absolute Gasteiger partial charge is 0.256 e. The first kappa shape index (κ1) is 14.8. The summed E-state index contributed by atoms with van der Waals surface area (Å²) in [6.45, 7) is 4.28. The molecule has 1 saturated heterocycles. The summed E-state index contributed by atoms with van der Waals surface area (Å²) >= 11 is 1.29. The number of carbonyl (C=O) groups is 2. The number of nitrogens with one attached hydrogen (secondary N) is 1. The zero-order valence-electron chi connectivity index (χ0n) is 11.7. The molecule has 0 atom stereocenters. The third kappa shape index (κ3) is 2.78. The Balaban J connectivity index is 2.46. The molecule has 1 fully saturated rings. The van der Waals surface area contributed by atoms with Crippen LogP contribution >= 0.6 is 11.3 Å². The maximum absolute atomic E-state index is 12.1. The molecule has 20 heavy (non-hydrogen) atoms. The van der Waals surface area contributed by atoms with Gasteiger partial charge in [-0.15, -0.1) is 11.3 Å². The zero-order chi connectivity index (χ0) is 14.7. The van der Waals surface area contributed by atoms with Crippen molar-refractivity contribution in [3.8, 4) is 0 Å². The van der Waals surface area contributed by atoms with Crippen molar-refractivity contribution < 1.29 is 14.3 Å². The van der Waals surface area contributed by atoms with E-state index in [0.717, 1.165) is 18.0 Å². The minimum absolute atomic E-state index is 0.116. The second-order valence-corrected chi connectivity index (χ2v) is 5.61. The quantitative estimate of drug-likeness (QED) is 0.817. The van der Waals surface area contributed by atoms with Crippen molar-refractivity contribution in [3.05, 3.63) is 10.4 Å². The van der Waals surface area contributed by atoms with Crippen molar-refractivity contribution in [2.24, 2.45) is 0 Å². The summed E-state index contributed by atoms with van der Waals surface area (Å²) in [5.74, 6) is -0.374. The highest BCUT2D eigenvalue weighted by Crippen LogP contribution is 2.38. The van der Waals surface area contributed by atoms with Gasteiger partial charge in [0.15, 0.2) is 5.78 Å². The molecule has 1 aromatic rings. The third-order valence-corrected chi connectivity index (χ3v) is 4.58. The summed E-state index contributed by atoms with van der Waals surface area (Å²) in [7, 11) is 1.56. The van der Waals surface area contributed by atoms with Gasteiger partial charge in [-0.1, -0.05) is 0 Å². The molecule has 0 unspecified atom stereocenters. The van der Waals surface area contributed by atoms with Crippen LogP contribution < -0.4 is 16.0 Å². The number of rotatable bonds is 3. The van der Waals surface area contributed by atoms with Gasteiger partial charge < -0.3 is 20.7 Å². The molecule has 0 bridgehead atoms. The topological polar surface area (TPSA) is 84.7 Å². The predicted molar refractivity (Wildman–Crippen MR) is 79.8 cm³/mol. The van der Waals surface area contributed by atoms with Crippen molar-refractivity contribution in [2.75, 3.05) is 44.0 Å². The summed E-state index contributed by atoms with van der Waals surface area (Å²) in [5.41, 5.74) is 6.68. The zero-order valence-corrected chi connectivity index (χ0v) is 12.5. The van der Waals surface area contributed by atoms with Crippen molar-refractivity contribution in [3.63, 3.8) is 0 Å². The molecule has 3 N–H and O–H groups in total. The Labute approximate surface area is 121 Å². The van der Waals surface area contributed by atoms with E-state index < -0.39 is 0 Å². The molecule has 1 aromatic heterocycles. The highest BCUT2D eigenvalue weighted by atomic mass is 32.1. The molecule has 0 aromatic carbocycles. The number of ketones is 1. The number of nitrogen functional groups attached to an aromatic ring is 1. The number of thiophene rings is 1. The lowest BCUT2D eigenvalue weighted by Gasteiger charge is -2.21. The van der Waals surface area contributed by atoms with Crippen molar-refractivity contribution in [1.29, 1.82) is 0 Å². The first-order valence-corrected chi connectivity index (χ1v) is 7.36. The summed E-state index contributed by atoms with van der Waals surface area (Å²) in [6.07, 6.45) is 0.889. The average molecular weight is 297 g/mol. The Bertz CT molecular complexity index is 519. The number of hydrogen-bond donors (Lipinski definition) is 2. The number of amides is 1. The Morgan fingerprint density at radius 2 is 2.10 bits per heavy atom. The van der Waals surface area contributed by atoms with E-state index in [9.17, 15) is 9.59 Å². The van der Waals surface area contributed by atoms with E-state index in [1.165, 1.54) is 18.3 Å². The molecule has 0 spiro atoms. The van der Waals surface area contributed by atoms with Crippen LogP contribution in [-0.2, 0) is 4.74 Å². The molecule has 0 saturated carbocycles. The minimum atomic E-state index is -0.258. The van der Waals surface area contributed by atoms with Crippen LogP contribution in [0.15, 0.2) is 0 Å².